The smallest absolute Gasteiger partial charge is 0.222 e. The van der Waals surface area contributed by atoms with Crippen LogP contribution in [0.1, 0.15) is 51.0 Å². The van der Waals surface area contributed by atoms with Crippen molar-refractivity contribution >= 4 is 11.8 Å². The van der Waals surface area contributed by atoms with Crippen molar-refractivity contribution in [2.45, 2.75) is 52.4 Å². The lowest BCUT2D eigenvalue weighted by molar-refractivity contribution is -0.133. The lowest BCUT2D eigenvalue weighted by Gasteiger charge is -2.22. The van der Waals surface area contributed by atoms with E-state index in [1.807, 2.05) is 41.0 Å². The number of carbonyl (C=O) groups excluding carboxylic acids is 2. The van der Waals surface area contributed by atoms with Crippen LogP contribution in [-0.4, -0.2) is 54.4 Å². The van der Waals surface area contributed by atoms with E-state index in [9.17, 15) is 9.59 Å². The average molecular weight is 360 g/mol. The van der Waals surface area contributed by atoms with E-state index >= 15 is 0 Å². The zero-order valence-electron chi connectivity index (χ0n) is 16.2. The van der Waals surface area contributed by atoms with Crippen molar-refractivity contribution in [2.75, 3.05) is 32.8 Å². The van der Waals surface area contributed by atoms with Crippen molar-refractivity contribution in [2.24, 2.45) is 0 Å². The first kappa shape index (κ1) is 20.3. The van der Waals surface area contributed by atoms with Gasteiger partial charge in [-0.3, -0.25) is 9.59 Å². The van der Waals surface area contributed by atoms with Crippen molar-refractivity contribution in [3.8, 4) is 5.75 Å². The van der Waals surface area contributed by atoms with E-state index in [0.717, 1.165) is 38.1 Å². The second-order valence-corrected chi connectivity index (χ2v) is 6.98. The van der Waals surface area contributed by atoms with Gasteiger partial charge in [0.25, 0.3) is 0 Å². The van der Waals surface area contributed by atoms with E-state index < -0.39 is 0 Å². The highest BCUT2D eigenvalue weighted by molar-refractivity contribution is 5.77. The number of aryl methyl sites for hydroxylation is 1. The highest BCUT2D eigenvalue weighted by Crippen LogP contribution is 2.13. The molecule has 0 aromatic heterocycles. The van der Waals surface area contributed by atoms with Gasteiger partial charge in [0.15, 0.2) is 0 Å². The summed E-state index contributed by atoms with van der Waals surface area (Å²) in [5.74, 6) is 1.24. The molecule has 0 saturated carbocycles. The standard InChI is InChI=1S/C21H32N2O3/c1-3-4-7-20(24)22-13-6-14-23(16-15-22)21(25)8-5-17-26-19-11-9-18(2)10-12-19/h9-12H,3-8,13-17H2,1-2H3. The number of nitrogens with zero attached hydrogens (tertiary/aromatic N) is 2. The fourth-order valence-electron chi connectivity index (χ4n) is 3.11. The maximum absolute atomic E-state index is 12.4. The summed E-state index contributed by atoms with van der Waals surface area (Å²) in [5, 5.41) is 0. The zero-order valence-corrected chi connectivity index (χ0v) is 16.2. The normalized spacial score (nSPS) is 14.8. The van der Waals surface area contributed by atoms with Gasteiger partial charge in [0.1, 0.15) is 5.75 Å². The average Bonchev–Trinajstić information content (AvgIpc) is 2.91. The summed E-state index contributed by atoms with van der Waals surface area (Å²) in [7, 11) is 0. The molecule has 1 aliphatic rings. The third kappa shape index (κ3) is 6.70. The minimum Gasteiger partial charge on any atom is -0.494 e. The van der Waals surface area contributed by atoms with Gasteiger partial charge in [0.05, 0.1) is 6.61 Å². The van der Waals surface area contributed by atoms with Crippen molar-refractivity contribution in [1.82, 2.24) is 9.80 Å². The quantitative estimate of drug-likeness (QED) is 0.668. The van der Waals surface area contributed by atoms with Crippen LogP contribution in [0.3, 0.4) is 0 Å². The van der Waals surface area contributed by atoms with Crippen LogP contribution in [0.5, 0.6) is 5.75 Å². The molecule has 0 spiro atoms. The monoisotopic (exact) mass is 360 g/mol. The summed E-state index contributed by atoms with van der Waals surface area (Å²) >= 11 is 0. The molecule has 0 N–H and O–H groups in total. The van der Waals surface area contributed by atoms with Gasteiger partial charge in [0, 0.05) is 39.0 Å². The summed E-state index contributed by atoms with van der Waals surface area (Å²) < 4.78 is 5.69. The van der Waals surface area contributed by atoms with E-state index in [4.69, 9.17) is 4.74 Å². The minimum absolute atomic E-state index is 0.167. The van der Waals surface area contributed by atoms with Gasteiger partial charge in [0.2, 0.25) is 11.8 Å². The van der Waals surface area contributed by atoms with Crippen LogP contribution in [0.25, 0.3) is 0 Å². The molecule has 5 nitrogen and oxygen atoms in total. The molecule has 0 unspecified atom stereocenters. The molecule has 0 atom stereocenters. The SMILES string of the molecule is CCCCC(=O)N1CCCN(C(=O)CCCOc2ccc(C)cc2)CC1. The molecule has 0 bridgehead atoms. The van der Waals surface area contributed by atoms with Crippen LogP contribution in [0.15, 0.2) is 24.3 Å². The predicted molar refractivity (Wildman–Crippen MR) is 103 cm³/mol. The van der Waals surface area contributed by atoms with Gasteiger partial charge in [-0.2, -0.15) is 0 Å². The first-order chi connectivity index (χ1) is 12.6. The van der Waals surface area contributed by atoms with Crippen molar-refractivity contribution in [1.29, 1.82) is 0 Å². The molecule has 0 aliphatic carbocycles. The van der Waals surface area contributed by atoms with Gasteiger partial charge in [-0.15, -0.1) is 0 Å². The van der Waals surface area contributed by atoms with E-state index in [1.165, 1.54) is 5.56 Å². The van der Waals surface area contributed by atoms with Crippen LogP contribution in [0.2, 0.25) is 0 Å². The maximum Gasteiger partial charge on any atom is 0.222 e. The molecule has 1 heterocycles. The minimum atomic E-state index is 0.167. The summed E-state index contributed by atoms with van der Waals surface area (Å²) in [4.78, 5) is 28.4. The van der Waals surface area contributed by atoms with Gasteiger partial charge in [-0.05, 0) is 38.3 Å². The number of rotatable bonds is 8. The number of hydrogen-bond acceptors (Lipinski definition) is 3. The van der Waals surface area contributed by atoms with Gasteiger partial charge in [-0.25, -0.2) is 0 Å². The topological polar surface area (TPSA) is 49.9 Å². The Morgan fingerprint density at radius 1 is 0.923 bits per heavy atom. The van der Waals surface area contributed by atoms with Crippen LogP contribution < -0.4 is 4.74 Å². The summed E-state index contributed by atoms with van der Waals surface area (Å²) in [6, 6.07) is 7.95. The Bertz CT molecular complexity index is 571. The molecule has 1 fully saturated rings. The van der Waals surface area contributed by atoms with E-state index in [2.05, 4.69) is 6.92 Å². The molecular weight excluding hydrogens is 328 g/mol. The Morgan fingerprint density at radius 2 is 1.50 bits per heavy atom. The first-order valence-electron chi connectivity index (χ1n) is 9.85. The van der Waals surface area contributed by atoms with Crippen molar-refractivity contribution < 1.29 is 14.3 Å². The molecular formula is C21H32N2O3. The highest BCUT2D eigenvalue weighted by atomic mass is 16.5. The fourth-order valence-corrected chi connectivity index (χ4v) is 3.11. The fraction of sp³-hybridized carbons (Fsp3) is 0.619. The number of unbranched alkanes of at least 4 members (excludes halogenated alkanes) is 1. The molecule has 0 radical (unpaired) electrons. The second kappa shape index (κ2) is 10.8. The summed E-state index contributed by atoms with van der Waals surface area (Å²) in [6.45, 7) is 7.51. The maximum atomic E-state index is 12.4. The van der Waals surface area contributed by atoms with E-state index in [1.54, 1.807) is 0 Å². The Balaban J connectivity index is 1.67. The Labute approximate surface area is 157 Å². The van der Waals surface area contributed by atoms with Crippen LogP contribution >= 0.6 is 0 Å². The molecule has 144 valence electrons. The zero-order chi connectivity index (χ0) is 18.8. The Morgan fingerprint density at radius 3 is 2.08 bits per heavy atom. The number of hydrogen-bond donors (Lipinski definition) is 0. The molecule has 1 aromatic carbocycles. The van der Waals surface area contributed by atoms with E-state index in [0.29, 0.717) is 39.0 Å². The third-order valence-electron chi connectivity index (χ3n) is 4.77. The molecule has 26 heavy (non-hydrogen) atoms. The lowest BCUT2D eigenvalue weighted by atomic mass is 10.2. The van der Waals surface area contributed by atoms with Crippen molar-refractivity contribution in [3.05, 3.63) is 29.8 Å². The number of amides is 2. The summed E-state index contributed by atoms with van der Waals surface area (Å²) in [5.41, 5.74) is 1.20. The van der Waals surface area contributed by atoms with Crippen LogP contribution in [-0.2, 0) is 9.59 Å². The molecule has 1 aromatic rings. The molecule has 2 rings (SSSR count). The second-order valence-electron chi connectivity index (χ2n) is 6.98. The number of carbonyl (C=O) groups is 2. The molecule has 1 aliphatic heterocycles. The van der Waals surface area contributed by atoms with E-state index in [-0.39, 0.29) is 11.8 Å². The van der Waals surface area contributed by atoms with Gasteiger partial charge >= 0.3 is 0 Å². The van der Waals surface area contributed by atoms with Gasteiger partial charge < -0.3 is 14.5 Å². The first-order valence-corrected chi connectivity index (χ1v) is 9.85. The largest absolute Gasteiger partial charge is 0.494 e. The van der Waals surface area contributed by atoms with Gasteiger partial charge in [-0.1, -0.05) is 31.0 Å². The molecule has 2 amide bonds. The Kier molecular flexibility index (Phi) is 8.45. The number of benzene rings is 1. The third-order valence-corrected chi connectivity index (χ3v) is 4.77. The summed E-state index contributed by atoms with van der Waals surface area (Å²) in [6.07, 6.45) is 4.68. The van der Waals surface area contributed by atoms with Crippen LogP contribution in [0.4, 0.5) is 0 Å². The number of ether oxygens (including phenoxy) is 1. The predicted octanol–water partition coefficient (Wildman–Crippen LogP) is 3.41. The Hall–Kier alpha value is -2.04. The highest BCUT2D eigenvalue weighted by Gasteiger charge is 2.21. The van der Waals surface area contributed by atoms with Crippen LogP contribution in [0, 0.1) is 6.92 Å². The molecule has 5 heteroatoms. The molecule has 1 saturated heterocycles. The van der Waals surface area contributed by atoms with Crippen molar-refractivity contribution in [3.63, 3.8) is 0 Å². The lowest BCUT2D eigenvalue weighted by Crippen LogP contribution is -2.37.